The molecule has 1 N–H and O–H groups in total. The van der Waals surface area contributed by atoms with Crippen molar-refractivity contribution >= 4 is 49.2 Å². The summed E-state index contributed by atoms with van der Waals surface area (Å²) in [7, 11) is -3.52. The second-order valence-corrected chi connectivity index (χ2v) is 7.19. The van der Waals surface area contributed by atoms with Gasteiger partial charge in [-0.1, -0.05) is 45.6 Å². The maximum Gasteiger partial charge on any atom is 0.240 e. The molecule has 102 valence electrons. The van der Waals surface area contributed by atoms with Crippen molar-refractivity contribution in [2.75, 3.05) is 11.9 Å². The molecule has 0 aliphatic carbocycles. The molecule has 0 radical (unpaired) electrons. The van der Waals surface area contributed by atoms with Crippen LogP contribution in [0.15, 0.2) is 23.1 Å². The van der Waals surface area contributed by atoms with Gasteiger partial charge in [-0.3, -0.25) is 0 Å². The Balaban J connectivity index is 2.63. The molecule has 0 amide bonds. The molecular weight excluding hydrogens is 361 g/mol. The van der Waals surface area contributed by atoms with Gasteiger partial charge in [0.2, 0.25) is 10.0 Å². The van der Waals surface area contributed by atoms with E-state index in [4.69, 9.17) is 23.2 Å². The number of hydrogen-bond acceptors (Lipinski definition) is 2. The first-order valence-corrected chi connectivity index (χ1v) is 8.83. The summed E-state index contributed by atoms with van der Waals surface area (Å²) in [4.78, 5) is 0.0977. The molecule has 0 atom stereocenters. The monoisotopic (exact) mass is 373 g/mol. The van der Waals surface area contributed by atoms with E-state index >= 15 is 0 Å². The van der Waals surface area contributed by atoms with Crippen LogP contribution in [0.4, 0.5) is 0 Å². The van der Waals surface area contributed by atoms with Crippen molar-refractivity contribution in [3.05, 3.63) is 28.2 Å². The average Bonchev–Trinajstić information content (AvgIpc) is 2.27. The number of nitrogens with one attached hydrogen (secondary N) is 1. The van der Waals surface area contributed by atoms with Gasteiger partial charge in [-0.25, -0.2) is 13.1 Å². The number of unbranched alkanes of at least 4 members (excludes halogenated alkanes) is 2. The topological polar surface area (TPSA) is 46.2 Å². The van der Waals surface area contributed by atoms with Crippen molar-refractivity contribution in [3.63, 3.8) is 0 Å². The Kier molecular flexibility index (Phi) is 6.95. The highest BCUT2D eigenvalue weighted by Gasteiger charge is 2.14. The first-order valence-electron chi connectivity index (χ1n) is 5.47. The molecule has 0 spiro atoms. The molecule has 0 saturated carbocycles. The highest BCUT2D eigenvalue weighted by Crippen LogP contribution is 2.22. The summed E-state index contributed by atoms with van der Waals surface area (Å²) in [6.45, 7) is 0.416. The molecule has 0 aliphatic heterocycles. The SMILES string of the molecule is O=S(=O)(NCCCCCBr)c1cc(Cl)cc(Cl)c1. The molecule has 3 nitrogen and oxygen atoms in total. The fourth-order valence-corrected chi connectivity index (χ4v) is 3.57. The fourth-order valence-electron chi connectivity index (χ4n) is 1.37. The lowest BCUT2D eigenvalue weighted by atomic mass is 10.3. The molecule has 1 aromatic carbocycles. The number of hydrogen-bond donors (Lipinski definition) is 1. The van der Waals surface area contributed by atoms with Crippen LogP contribution in [-0.2, 0) is 10.0 Å². The third-order valence-corrected chi connectivity index (χ3v) is 4.69. The van der Waals surface area contributed by atoms with Gasteiger partial charge in [0.1, 0.15) is 0 Å². The molecule has 1 aromatic rings. The van der Waals surface area contributed by atoms with E-state index in [0.29, 0.717) is 16.6 Å². The summed E-state index contributed by atoms with van der Waals surface area (Å²) in [6, 6.07) is 4.26. The molecule has 0 fully saturated rings. The van der Waals surface area contributed by atoms with Crippen molar-refractivity contribution in [2.45, 2.75) is 24.2 Å². The predicted octanol–water partition coefficient (Wildman–Crippen LogP) is 3.84. The summed E-state index contributed by atoms with van der Waals surface area (Å²) < 4.78 is 26.4. The molecule has 0 unspecified atom stereocenters. The van der Waals surface area contributed by atoms with Crippen molar-refractivity contribution in [2.24, 2.45) is 0 Å². The van der Waals surface area contributed by atoms with Crippen LogP contribution in [-0.4, -0.2) is 20.3 Å². The van der Waals surface area contributed by atoms with E-state index in [1.807, 2.05) is 0 Å². The quantitative estimate of drug-likeness (QED) is 0.582. The Hall–Kier alpha value is 0.190. The lowest BCUT2D eigenvalue weighted by Crippen LogP contribution is -2.24. The molecule has 7 heteroatoms. The Bertz CT molecular complexity index is 474. The van der Waals surface area contributed by atoms with Crippen molar-refractivity contribution in [1.82, 2.24) is 4.72 Å². The second-order valence-electron chi connectivity index (χ2n) is 3.75. The van der Waals surface area contributed by atoms with E-state index in [-0.39, 0.29) is 4.90 Å². The summed E-state index contributed by atoms with van der Waals surface area (Å²) >= 11 is 14.9. The Morgan fingerprint density at radius 1 is 1.06 bits per heavy atom. The van der Waals surface area contributed by atoms with E-state index in [1.54, 1.807) is 0 Å². The third-order valence-electron chi connectivity index (χ3n) is 2.25. The van der Waals surface area contributed by atoms with E-state index in [2.05, 4.69) is 20.7 Å². The van der Waals surface area contributed by atoms with Gasteiger partial charge >= 0.3 is 0 Å². The van der Waals surface area contributed by atoms with Crippen LogP contribution in [0.25, 0.3) is 0 Å². The molecule has 0 heterocycles. The number of benzene rings is 1. The minimum atomic E-state index is -3.52. The first kappa shape index (κ1) is 16.2. The number of sulfonamides is 1. The van der Waals surface area contributed by atoms with Crippen molar-refractivity contribution < 1.29 is 8.42 Å². The minimum absolute atomic E-state index is 0.0977. The smallest absolute Gasteiger partial charge is 0.211 e. The summed E-state index contributed by atoms with van der Waals surface area (Å²) in [5.74, 6) is 0. The normalized spacial score (nSPS) is 11.7. The molecule has 0 saturated heterocycles. The zero-order chi connectivity index (χ0) is 13.6. The van der Waals surface area contributed by atoms with Crippen molar-refractivity contribution in [3.8, 4) is 0 Å². The van der Waals surface area contributed by atoms with Gasteiger partial charge < -0.3 is 0 Å². The van der Waals surface area contributed by atoms with E-state index in [9.17, 15) is 8.42 Å². The average molecular weight is 375 g/mol. The standard InChI is InChI=1S/C11H14BrCl2NO2S/c12-4-2-1-3-5-15-18(16,17)11-7-9(13)6-10(14)8-11/h6-8,15H,1-5H2. The molecule has 1 rings (SSSR count). The second kappa shape index (κ2) is 7.70. The van der Waals surface area contributed by atoms with Gasteiger partial charge in [0.25, 0.3) is 0 Å². The van der Waals surface area contributed by atoms with Crippen LogP contribution in [0.1, 0.15) is 19.3 Å². The summed E-state index contributed by atoms with van der Waals surface area (Å²) in [5, 5.41) is 1.55. The lowest BCUT2D eigenvalue weighted by Gasteiger charge is -2.07. The molecule has 0 aromatic heterocycles. The van der Waals surface area contributed by atoms with E-state index in [0.717, 1.165) is 24.6 Å². The van der Waals surface area contributed by atoms with E-state index < -0.39 is 10.0 Å². The molecule has 18 heavy (non-hydrogen) atoms. The highest BCUT2D eigenvalue weighted by molar-refractivity contribution is 9.09. The van der Waals surface area contributed by atoms with Crippen LogP contribution in [0, 0.1) is 0 Å². The Morgan fingerprint density at radius 2 is 1.67 bits per heavy atom. The first-order chi connectivity index (χ1) is 8.45. The van der Waals surface area contributed by atoms with Gasteiger partial charge in [0.05, 0.1) is 4.90 Å². The van der Waals surface area contributed by atoms with Gasteiger partial charge in [-0.2, -0.15) is 0 Å². The van der Waals surface area contributed by atoms with Gasteiger partial charge in [0.15, 0.2) is 0 Å². The van der Waals surface area contributed by atoms with E-state index in [1.165, 1.54) is 18.2 Å². The maximum atomic E-state index is 11.9. The number of halogens is 3. The molecule has 0 bridgehead atoms. The lowest BCUT2D eigenvalue weighted by molar-refractivity contribution is 0.576. The zero-order valence-electron chi connectivity index (χ0n) is 9.63. The fraction of sp³-hybridized carbons (Fsp3) is 0.455. The molecular formula is C11H14BrCl2NO2S. The Morgan fingerprint density at radius 3 is 2.22 bits per heavy atom. The van der Waals surface area contributed by atoms with Crippen LogP contribution in [0.5, 0.6) is 0 Å². The third kappa shape index (κ3) is 5.45. The van der Waals surface area contributed by atoms with Gasteiger partial charge in [0, 0.05) is 21.9 Å². The van der Waals surface area contributed by atoms with Crippen molar-refractivity contribution in [1.29, 1.82) is 0 Å². The summed E-state index contributed by atoms with van der Waals surface area (Å²) in [6.07, 6.45) is 2.81. The molecule has 0 aliphatic rings. The largest absolute Gasteiger partial charge is 0.240 e. The van der Waals surface area contributed by atoms with Gasteiger partial charge in [-0.05, 0) is 31.0 Å². The van der Waals surface area contributed by atoms with Crippen LogP contribution >= 0.6 is 39.1 Å². The summed E-state index contributed by atoms with van der Waals surface area (Å²) in [5.41, 5.74) is 0. The minimum Gasteiger partial charge on any atom is -0.211 e. The number of alkyl halides is 1. The van der Waals surface area contributed by atoms with Gasteiger partial charge in [-0.15, -0.1) is 0 Å². The van der Waals surface area contributed by atoms with Crippen LogP contribution in [0.2, 0.25) is 10.0 Å². The predicted molar refractivity (Wildman–Crippen MR) is 79.3 cm³/mol. The highest BCUT2D eigenvalue weighted by atomic mass is 79.9. The van der Waals surface area contributed by atoms with Crippen LogP contribution < -0.4 is 4.72 Å². The maximum absolute atomic E-state index is 11.9. The van der Waals surface area contributed by atoms with Crippen LogP contribution in [0.3, 0.4) is 0 Å². The Labute approximate surface area is 126 Å². The zero-order valence-corrected chi connectivity index (χ0v) is 13.5. The number of rotatable bonds is 7.